The van der Waals surface area contributed by atoms with Crippen molar-refractivity contribution >= 4 is 37.5 Å². The first-order valence-corrected chi connectivity index (χ1v) is 6.01. The molecule has 0 spiro atoms. The standard InChI is InChI=1S/C11H13Br2N/c1-8(2)6-7-14-11-9(12)4-3-5-10(11)13/h3-6,14H,7H2,1-2H3. The maximum Gasteiger partial charge on any atom is 0.0631 e. The Labute approximate surface area is 102 Å². The first kappa shape index (κ1) is 11.8. The van der Waals surface area contributed by atoms with E-state index in [0.29, 0.717) is 0 Å². The number of anilines is 1. The smallest absolute Gasteiger partial charge is 0.0631 e. The molecule has 0 aromatic heterocycles. The Morgan fingerprint density at radius 2 is 1.86 bits per heavy atom. The van der Waals surface area contributed by atoms with Crippen molar-refractivity contribution < 1.29 is 0 Å². The van der Waals surface area contributed by atoms with Crippen LogP contribution in [-0.4, -0.2) is 6.54 Å². The van der Waals surface area contributed by atoms with E-state index >= 15 is 0 Å². The van der Waals surface area contributed by atoms with Crippen LogP contribution in [0.25, 0.3) is 0 Å². The van der Waals surface area contributed by atoms with Gasteiger partial charge in [-0.05, 0) is 57.8 Å². The van der Waals surface area contributed by atoms with Crippen LogP contribution in [0.1, 0.15) is 13.8 Å². The third kappa shape index (κ3) is 3.46. The highest BCUT2D eigenvalue weighted by atomic mass is 79.9. The van der Waals surface area contributed by atoms with Gasteiger partial charge >= 0.3 is 0 Å². The van der Waals surface area contributed by atoms with Gasteiger partial charge < -0.3 is 5.32 Å². The zero-order valence-corrected chi connectivity index (χ0v) is 11.4. The van der Waals surface area contributed by atoms with Crippen LogP contribution in [-0.2, 0) is 0 Å². The number of benzene rings is 1. The molecule has 0 atom stereocenters. The van der Waals surface area contributed by atoms with Gasteiger partial charge in [-0.1, -0.05) is 17.7 Å². The summed E-state index contributed by atoms with van der Waals surface area (Å²) in [5.41, 5.74) is 2.42. The van der Waals surface area contributed by atoms with Gasteiger partial charge in [-0.3, -0.25) is 0 Å². The fourth-order valence-corrected chi connectivity index (χ4v) is 2.30. The largest absolute Gasteiger partial charge is 0.380 e. The molecule has 0 aliphatic heterocycles. The molecule has 0 heterocycles. The second kappa shape index (κ2) is 5.56. The van der Waals surface area contributed by atoms with Gasteiger partial charge in [-0.2, -0.15) is 0 Å². The average molecular weight is 319 g/mol. The molecule has 0 saturated carbocycles. The number of halogens is 2. The maximum absolute atomic E-state index is 3.50. The Bertz CT molecular complexity index is 321. The van der Waals surface area contributed by atoms with Gasteiger partial charge in [0, 0.05) is 15.5 Å². The minimum Gasteiger partial charge on any atom is -0.380 e. The minimum atomic E-state index is 0.851. The second-order valence-corrected chi connectivity index (χ2v) is 4.97. The normalized spacial score (nSPS) is 9.71. The lowest BCUT2D eigenvalue weighted by atomic mass is 10.3. The van der Waals surface area contributed by atoms with E-state index in [-0.39, 0.29) is 0 Å². The molecular formula is C11H13Br2N. The zero-order chi connectivity index (χ0) is 10.6. The summed E-state index contributed by atoms with van der Waals surface area (Å²) >= 11 is 7.00. The fraction of sp³-hybridized carbons (Fsp3) is 0.273. The molecule has 14 heavy (non-hydrogen) atoms. The summed E-state index contributed by atoms with van der Waals surface area (Å²) in [6, 6.07) is 6.05. The summed E-state index contributed by atoms with van der Waals surface area (Å²) in [4.78, 5) is 0. The van der Waals surface area contributed by atoms with Crippen molar-refractivity contribution in [1.29, 1.82) is 0 Å². The van der Waals surface area contributed by atoms with Crippen LogP contribution in [0.2, 0.25) is 0 Å². The van der Waals surface area contributed by atoms with Crippen molar-refractivity contribution in [2.24, 2.45) is 0 Å². The highest BCUT2D eigenvalue weighted by Crippen LogP contribution is 2.30. The predicted molar refractivity (Wildman–Crippen MR) is 69.8 cm³/mol. The van der Waals surface area contributed by atoms with Gasteiger partial charge in [0.15, 0.2) is 0 Å². The molecule has 0 amide bonds. The number of nitrogens with one attached hydrogen (secondary N) is 1. The molecule has 0 saturated heterocycles. The summed E-state index contributed by atoms with van der Waals surface area (Å²) in [6.07, 6.45) is 2.16. The third-order valence-corrected chi connectivity index (χ3v) is 3.07. The fourth-order valence-electron chi connectivity index (χ4n) is 1.02. The van der Waals surface area contributed by atoms with Crippen molar-refractivity contribution in [3.63, 3.8) is 0 Å². The quantitative estimate of drug-likeness (QED) is 0.804. The summed E-state index contributed by atoms with van der Waals surface area (Å²) in [5, 5.41) is 3.34. The van der Waals surface area contributed by atoms with Crippen molar-refractivity contribution in [3.05, 3.63) is 38.8 Å². The molecule has 0 radical (unpaired) electrons. The van der Waals surface area contributed by atoms with E-state index in [1.807, 2.05) is 18.2 Å². The van der Waals surface area contributed by atoms with Gasteiger partial charge in [0.05, 0.1) is 5.69 Å². The molecule has 0 aliphatic rings. The highest BCUT2D eigenvalue weighted by molar-refractivity contribution is 9.11. The lowest BCUT2D eigenvalue weighted by Crippen LogP contribution is -2.00. The van der Waals surface area contributed by atoms with Crippen LogP contribution in [0.5, 0.6) is 0 Å². The van der Waals surface area contributed by atoms with Crippen LogP contribution < -0.4 is 5.32 Å². The van der Waals surface area contributed by atoms with Crippen molar-refractivity contribution in [2.75, 3.05) is 11.9 Å². The first-order chi connectivity index (χ1) is 6.61. The van der Waals surface area contributed by atoms with E-state index in [0.717, 1.165) is 21.2 Å². The third-order valence-electron chi connectivity index (χ3n) is 1.75. The predicted octanol–water partition coefficient (Wildman–Crippen LogP) is 4.59. The van der Waals surface area contributed by atoms with E-state index in [4.69, 9.17) is 0 Å². The minimum absolute atomic E-state index is 0.851. The van der Waals surface area contributed by atoms with E-state index in [2.05, 4.69) is 57.1 Å². The van der Waals surface area contributed by atoms with Crippen LogP contribution in [0.15, 0.2) is 38.8 Å². The number of hydrogen-bond acceptors (Lipinski definition) is 1. The lowest BCUT2D eigenvalue weighted by molar-refractivity contribution is 1.25. The molecule has 3 heteroatoms. The van der Waals surface area contributed by atoms with Crippen molar-refractivity contribution in [2.45, 2.75) is 13.8 Å². The molecule has 76 valence electrons. The zero-order valence-electron chi connectivity index (χ0n) is 8.27. The van der Waals surface area contributed by atoms with Gasteiger partial charge in [0.25, 0.3) is 0 Å². The molecule has 0 fully saturated rings. The molecular weight excluding hydrogens is 306 g/mol. The molecule has 0 unspecified atom stereocenters. The first-order valence-electron chi connectivity index (χ1n) is 4.42. The average Bonchev–Trinajstić information content (AvgIpc) is 2.09. The molecule has 1 N–H and O–H groups in total. The topological polar surface area (TPSA) is 12.0 Å². The van der Waals surface area contributed by atoms with Gasteiger partial charge in [-0.15, -0.1) is 0 Å². The maximum atomic E-state index is 3.50. The summed E-state index contributed by atoms with van der Waals surface area (Å²) in [5.74, 6) is 0. The summed E-state index contributed by atoms with van der Waals surface area (Å²) < 4.78 is 2.16. The summed E-state index contributed by atoms with van der Waals surface area (Å²) in [6.45, 7) is 5.04. The van der Waals surface area contributed by atoms with E-state index in [9.17, 15) is 0 Å². The van der Waals surface area contributed by atoms with Crippen molar-refractivity contribution in [3.8, 4) is 0 Å². The van der Waals surface area contributed by atoms with Crippen LogP contribution in [0.3, 0.4) is 0 Å². The SMILES string of the molecule is CC(C)=CCNc1c(Br)cccc1Br. The monoisotopic (exact) mass is 317 g/mol. The molecule has 0 aliphatic carbocycles. The van der Waals surface area contributed by atoms with Crippen LogP contribution in [0, 0.1) is 0 Å². The van der Waals surface area contributed by atoms with Gasteiger partial charge in [-0.25, -0.2) is 0 Å². The number of allylic oxidation sites excluding steroid dienone is 1. The Hall–Kier alpha value is -0.280. The van der Waals surface area contributed by atoms with Gasteiger partial charge in [0.1, 0.15) is 0 Å². The van der Waals surface area contributed by atoms with E-state index in [1.54, 1.807) is 0 Å². The van der Waals surface area contributed by atoms with Crippen molar-refractivity contribution in [1.82, 2.24) is 0 Å². The Balaban J connectivity index is 2.71. The van der Waals surface area contributed by atoms with Crippen LogP contribution in [0.4, 0.5) is 5.69 Å². The molecule has 1 nitrogen and oxygen atoms in total. The molecule has 1 aromatic carbocycles. The van der Waals surface area contributed by atoms with E-state index in [1.165, 1.54) is 5.57 Å². The number of rotatable bonds is 3. The Kier molecular flexibility index (Phi) is 4.69. The van der Waals surface area contributed by atoms with E-state index < -0.39 is 0 Å². The van der Waals surface area contributed by atoms with Gasteiger partial charge in [0.2, 0.25) is 0 Å². The van der Waals surface area contributed by atoms with Crippen LogP contribution >= 0.6 is 31.9 Å². The molecule has 0 bridgehead atoms. The number of hydrogen-bond donors (Lipinski definition) is 1. The lowest BCUT2D eigenvalue weighted by Gasteiger charge is -2.08. The highest BCUT2D eigenvalue weighted by Gasteiger charge is 2.01. The summed E-state index contributed by atoms with van der Waals surface area (Å²) in [7, 11) is 0. The Morgan fingerprint density at radius 1 is 1.29 bits per heavy atom. The number of para-hydroxylation sites is 1. The Morgan fingerprint density at radius 3 is 2.36 bits per heavy atom. The molecule has 1 aromatic rings. The second-order valence-electron chi connectivity index (χ2n) is 3.26. The molecule has 1 rings (SSSR count).